The van der Waals surface area contributed by atoms with Crippen molar-refractivity contribution in [2.24, 2.45) is 0 Å². The summed E-state index contributed by atoms with van der Waals surface area (Å²) in [6, 6.07) is 23.6. The number of benzene rings is 6. The van der Waals surface area contributed by atoms with Crippen molar-refractivity contribution in [2.75, 3.05) is 154 Å². The van der Waals surface area contributed by atoms with Crippen molar-refractivity contribution in [1.29, 1.82) is 0 Å². The van der Waals surface area contributed by atoms with Crippen LogP contribution < -0.4 is 22.1 Å². The van der Waals surface area contributed by atoms with Crippen molar-refractivity contribution in [2.45, 2.75) is 45.1 Å². The van der Waals surface area contributed by atoms with Crippen LogP contribution in [0, 0.1) is 40.5 Å². The summed E-state index contributed by atoms with van der Waals surface area (Å²) >= 11 is 34.9. The first kappa shape index (κ1) is 88.0. The van der Waals surface area contributed by atoms with Gasteiger partial charge in [0.25, 0.3) is 22.7 Å². The van der Waals surface area contributed by atoms with Crippen LogP contribution in [0.2, 0.25) is 30.1 Å². The SMILES string of the molecule is Nc1c(CN2CCOCC2)cc(Cl)cc1[N+](=O)[O-].Nc1ccc(Cl)cc1CN1CCOCC1.O=C(Nc1c(CN2CCOCC2)cc(Cl)cc1[N+](=O)[O-])C(F)(F)F.O=C(Nc1ccc(Cl)cc1CN1CCOCC1)C(F)(F)F.O=Cc1cc(Cl)ccc1[N+](=O)[O-].O=[N+]([O-])c1ccc(Cl)cc1CN1CCOCC1. The molecule has 0 atom stereocenters. The zero-order chi connectivity index (χ0) is 78.5. The molecule has 6 aromatic rings. The van der Waals surface area contributed by atoms with Crippen LogP contribution in [0.15, 0.2) is 97.1 Å². The van der Waals surface area contributed by atoms with E-state index in [4.69, 9.17) is 105 Å². The van der Waals surface area contributed by atoms with Crippen LogP contribution in [0.1, 0.15) is 38.2 Å². The fourth-order valence-electron chi connectivity index (χ4n) is 10.6. The van der Waals surface area contributed by atoms with Gasteiger partial charge in [0.1, 0.15) is 11.4 Å². The summed E-state index contributed by atoms with van der Waals surface area (Å²) < 4.78 is 101. The van der Waals surface area contributed by atoms with Crippen LogP contribution in [0.25, 0.3) is 0 Å². The molecule has 0 spiro atoms. The highest BCUT2D eigenvalue weighted by Crippen LogP contribution is 2.36. The first-order valence-electron chi connectivity index (χ1n) is 32.3. The van der Waals surface area contributed by atoms with Gasteiger partial charge in [-0.1, -0.05) is 69.6 Å². The Bertz CT molecular complexity index is 4020. The van der Waals surface area contributed by atoms with Gasteiger partial charge in [0, 0.05) is 170 Å². The molecule has 5 aliphatic rings. The Kier molecular flexibility index (Phi) is 35.6. The topological polar surface area (TPSA) is 362 Å². The number of rotatable bonds is 17. The van der Waals surface area contributed by atoms with E-state index in [0.29, 0.717) is 142 Å². The predicted molar refractivity (Wildman–Crippen MR) is 389 cm³/mol. The number of nitro benzene ring substituents is 4. The number of ether oxygens (including phenoxy) is 5. The number of nitro groups is 4. The molecule has 0 radical (unpaired) electrons. The molecule has 0 unspecified atom stereocenters. The number of alkyl halides is 6. The van der Waals surface area contributed by atoms with Crippen LogP contribution in [0.4, 0.5) is 71.8 Å². The first-order valence-corrected chi connectivity index (χ1v) is 34.6. The monoisotopic (exact) mass is 1630 g/mol. The van der Waals surface area contributed by atoms with Gasteiger partial charge in [0.15, 0.2) is 6.29 Å². The van der Waals surface area contributed by atoms with Gasteiger partial charge in [0.05, 0.1) is 91.3 Å². The van der Waals surface area contributed by atoms with Gasteiger partial charge in [-0.2, -0.15) is 26.3 Å². The molecule has 6 aromatic carbocycles. The Morgan fingerprint density at radius 2 is 0.720 bits per heavy atom. The molecule has 5 fully saturated rings. The van der Waals surface area contributed by atoms with E-state index in [1.165, 1.54) is 48.5 Å². The lowest BCUT2D eigenvalue weighted by Gasteiger charge is -2.27. The number of halogens is 12. The molecule has 0 aromatic heterocycles. The lowest BCUT2D eigenvalue weighted by atomic mass is 10.1. The lowest BCUT2D eigenvalue weighted by molar-refractivity contribution is -0.385. The average Bonchev–Trinajstić information content (AvgIpc) is 0.803. The fraction of sp³-hybridized carbons (Fsp3) is 0.409. The lowest BCUT2D eigenvalue weighted by Crippen LogP contribution is -2.36. The van der Waals surface area contributed by atoms with Gasteiger partial charge in [0.2, 0.25) is 0 Å². The second-order valence-corrected chi connectivity index (χ2v) is 26.2. The molecule has 41 heteroatoms. The number of nitrogens with one attached hydrogen (secondary N) is 2. The summed E-state index contributed by atoms with van der Waals surface area (Å²) in [5.41, 5.74) is 14.5. The summed E-state index contributed by atoms with van der Waals surface area (Å²) in [4.78, 5) is 83.8. The quantitative estimate of drug-likeness (QED) is 0.0217. The molecule has 582 valence electrons. The van der Waals surface area contributed by atoms with Gasteiger partial charge in [-0.15, -0.1) is 0 Å². The number of carbonyl (C=O) groups is 3. The Balaban J connectivity index is 0.000000203. The average molecular weight is 1630 g/mol. The van der Waals surface area contributed by atoms with Crippen molar-refractivity contribution >= 4 is 133 Å². The number of aldehydes is 1. The van der Waals surface area contributed by atoms with Crippen LogP contribution in [-0.4, -0.2) is 206 Å². The summed E-state index contributed by atoms with van der Waals surface area (Å²) in [5.74, 6) is -4.27. The maximum atomic E-state index is 12.5. The second-order valence-electron chi connectivity index (χ2n) is 23.6. The molecule has 0 bridgehead atoms. The molecule has 5 aliphatic heterocycles. The Morgan fingerprint density at radius 1 is 0.402 bits per heavy atom. The highest BCUT2D eigenvalue weighted by molar-refractivity contribution is 6.32. The van der Waals surface area contributed by atoms with E-state index in [2.05, 4.69) is 14.7 Å². The van der Waals surface area contributed by atoms with Gasteiger partial charge < -0.3 is 45.8 Å². The van der Waals surface area contributed by atoms with E-state index in [1.54, 1.807) is 29.6 Å². The Labute approximate surface area is 638 Å². The fourth-order valence-corrected chi connectivity index (χ4v) is 11.8. The standard InChI is InChI=1S/C13H13ClF3N3O4.C13H14ClF3N2O2.C11H14ClN3O3.C11H13ClN2O3.C11H15ClN2O.C7H4ClNO3/c14-9-5-8(7-19-1-3-24-4-2-19)11(10(6-9)20(22)23)18-12(21)13(15,16)17;14-10-1-2-11(18-12(20)13(15,16)17)9(7-10)8-19-3-5-21-6-4-19;12-9-5-8(7-14-1-3-18-4-2-14)11(13)10(6-9)15(16)17;12-10-1-2-11(14(15)16)9(7-10)8-13-3-5-17-6-4-13;12-10-1-2-11(13)9(7-10)8-14-3-5-15-6-4-14;8-6-1-2-7(9(11)12)5(3-6)4-10/h5-6H,1-4,7H2,(H,18,21);1-2,7H,3-6,8H2,(H,18,20);5-6H,1-4,7,13H2;1-2,7H,3-6,8H2;1-2,7H,3-6,8,13H2;1-4H. The molecule has 2 amide bonds. The van der Waals surface area contributed by atoms with Crippen molar-refractivity contribution in [1.82, 2.24) is 24.5 Å². The van der Waals surface area contributed by atoms with Crippen molar-refractivity contribution in [3.05, 3.63) is 201 Å². The third-order valence-electron chi connectivity index (χ3n) is 16.0. The van der Waals surface area contributed by atoms with E-state index in [1.807, 2.05) is 33.3 Å². The third-order valence-corrected chi connectivity index (χ3v) is 17.4. The molecule has 107 heavy (non-hydrogen) atoms. The number of carbonyl (C=O) groups excluding carboxylic acids is 3. The molecule has 5 saturated heterocycles. The highest BCUT2D eigenvalue weighted by Gasteiger charge is 2.41. The Morgan fingerprint density at radius 3 is 1.14 bits per heavy atom. The van der Waals surface area contributed by atoms with E-state index in [9.17, 15) is 81.2 Å². The van der Waals surface area contributed by atoms with Gasteiger partial charge in [-0.05, 0) is 95.1 Å². The number of hydrogen-bond donors (Lipinski definition) is 4. The minimum Gasteiger partial charge on any atom is -0.398 e. The molecular formula is C66H73Cl6F6N13O16. The van der Waals surface area contributed by atoms with Crippen LogP contribution >= 0.6 is 69.6 Å². The minimum atomic E-state index is -5.16. The zero-order valence-corrected chi connectivity index (χ0v) is 61.3. The maximum absolute atomic E-state index is 12.5. The molecule has 11 rings (SSSR count). The molecule has 6 N–H and O–H groups in total. The van der Waals surface area contributed by atoms with Crippen molar-refractivity contribution in [3.8, 4) is 0 Å². The van der Waals surface area contributed by atoms with Gasteiger partial charge >= 0.3 is 24.2 Å². The second kappa shape index (κ2) is 43.3. The molecule has 0 aliphatic carbocycles. The Hall–Kier alpha value is -7.95. The summed E-state index contributed by atoms with van der Waals surface area (Å²) in [7, 11) is 0. The zero-order valence-electron chi connectivity index (χ0n) is 56.7. The maximum Gasteiger partial charge on any atom is 0.471 e. The van der Waals surface area contributed by atoms with E-state index < -0.39 is 50.3 Å². The number of anilines is 4. The van der Waals surface area contributed by atoms with E-state index in [0.717, 1.165) is 81.4 Å². The highest BCUT2D eigenvalue weighted by atomic mass is 35.5. The van der Waals surface area contributed by atoms with Gasteiger partial charge in [-0.25, -0.2) is 0 Å². The van der Waals surface area contributed by atoms with Crippen molar-refractivity contribution < 1.29 is 84.1 Å². The number of nitrogen functional groups attached to an aromatic ring is 2. The van der Waals surface area contributed by atoms with Crippen molar-refractivity contribution in [3.63, 3.8) is 0 Å². The number of nitrogens with two attached hydrogens (primary N) is 2. The number of hydrogen-bond acceptors (Lipinski definition) is 23. The van der Waals surface area contributed by atoms with Crippen LogP contribution in [-0.2, 0) is 66.0 Å². The smallest absolute Gasteiger partial charge is 0.398 e. The predicted octanol–water partition coefficient (Wildman–Crippen LogP) is 12.8. The van der Waals surface area contributed by atoms with E-state index >= 15 is 0 Å². The third kappa shape index (κ3) is 29.9. The number of morpholine rings is 5. The summed E-state index contributed by atoms with van der Waals surface area (Å²) in [6.07, 6.45) is -9.68. The summed E-state index contributed by atoms with van der Waals surface area (Å²) in [6.45, 7) is 16.2. The van der Waals surface area contributed by atoms with Gasteiger partial charge in [-0.3, -0.25) is 79.3 Å². The number of nitrogens with zero attached hydrogens (tertiary/aromatic N) is 9. The van der Waals surface area contributed by atoms with Crippen LogP contribution in [0.3, 0.4) is 0 Å². The molecule has 29 nitrogen and oxygen atoms in total. The molecule has 0 saturated carbocycles. The van der Waals surface area contributed by atoms with Crippen LogP contribution in [0.5, 0.6) is 0 Å². The minimum absolute atomic E-state index is 0.00466. The summed E-state index contributed by atoms with van der Waals surface area (Å²) in [5, 5.41) is 49.0. The largest absolute Gasteiger partial charge is 0.471 e. The molecule has 5 heterocycles. The first-order chi connectivity index (χ1) is 50.7. The van der Waals surface area contributed by atoms with E-state index in [-0.39, 0.29) is 56.1 Å². The normalized spacial score (nSPS) is 16.0. The number of amides is 2. The molecular weight excluding hydrogens is 1560 g/mol.